The molecule has 0 amide bonds. The molecule has 0 saturated heterocycles. The van der Waals surface area contributed by atoms with E-state index in [0.717, 1.165) is 29.9 Å². The van der Waals surface area contributed by atoms with Crippen LogP contribution < -0.4 is 0 Å². The van der Waals surface area contributed by atoms with Crippen LogP contribution in [-0.2, 0) is 0 Å². The van der Waals surface area contributed by atoms with Crippen molar-refractivity contribution < 1.29 is 9.52 Å². The van der Waals surface area contributed by atoms with Crippen LogP contribution in [-0.4, -0.2) is 5.11 Å². The zero-order valence-electron chi connectivity index (χ0n) is 9.50. The molecule has 2 nitrogen and oxygen atoms in total. The van der Waals surface area contributed by atoms with Crippen molar-refractivity contribution in [2.75, 3.05) is 0 Å². The van der Waals surface area contributed by atoms with Gasteiger partial charge in [0.05, 0.1) is 6.10 Å². The Balaban J connectivity index is 2.77. The highest BCUT2D eigenvalue weighted by Gasteiger charge is 2.19. The van der Waals surface area contributed by atoms with E-state index in [1.54, 1.807) is 0 Å². The Bertz CT molecular complexity index is 289. The van der Waals surface area contributed by atoms with Crippen molar-refractivity contribution >= 4 is 0 Å². The van der Waals surface area contributed by atoms with Gasteiger partial charge < -0.3 is 9.52 Å². The van der Waals surface area contributed by atoms with Gasteiger partial charge in [0.15, 0.2) is 0 Å². The third-order valence-corrected chi connectivity index (χ3v) is 2.68. The third kappa shape index (κ3) is 2.38. The second kappa shape index (κ2) is 4.65. The highest BCUT2D eigenvalue weighted by Crippen LogP contribution is 2.29. The zero-order valence-corrected chi connectivity index (χ0v) is 9.50. The molecule has 2 unspecified atom stereocenters. The topological polar surface area (TPSA) is 33.4 Å². The van der Waals surface area contributed by atoms with Gasteiger partial charge in [-0.1, -0.05) is 20.3 Å². The first-order valence-corrected chi connectivity index (χ1v) is 5.31. The molecule has 0 bridgehead atoms. The molecule has 1 rings (SSSR count). The molecule has 2 heteroatoms. The summed E-state index contributed by atoms with van der Waals surface area (Å²) in [5, 5.41) is 10.1. The average Bonchev–Trinajstić information content (AvgIpc) is 2.44. The lowest BCUT2D eigenvalue weighted by molar-refractivity contribution is 0.111. The Kier molecular flexibility index (Phi) is 3.76. The first-order chi connectivity index (χ1) is 6.56. The molecular formula is C12H20O2. The summed E-state index contributed by atoms with van der Waals surface area (Å²) in [7, 11) is 0. The predicted octanol–water partition coefficient (Wildman–Crippen LogP) is 3.37. The van der Waals surface area contributed by atoms with Crippen LogP contribution in [0.25, 0.3) is 0 Å². The first kappa shape index (κ1) is 11.3. The summed E-state index contributed by atoms with van der Waals surface area (Å²) >= 11 is 0. The lowest BCUT2D eigenvalue weighted by atomic mass is 9.94. The van der Waals surface area contributed by atoms with E-state index in [4.69, 9.17) is 4.42 Å². The van der Waals surface area contributed by atoms with Gasteiger partial charge in [0.1, 0.15) is 11.5 Å². The van der Waals surface area contributed by atoms with Crippen LogP contribution in [0.15, 0.2) is 10.5 Å². The number of furan rings is 1. The molecule has 0 spiro atoms. The average molecular weight is 196 g/mol. The van der Waals surface area contributed by atoms with Gasteiger partial charge >= 0.3 is 0 Å². The van der Waals surface area contributed by atoms with Crippen molar-refractivity contribution in [3.05, 3.63) is 23.2 Å². The third-order valence-electron chi connectivity index (χ3n) is 2.68. The minimum Gasteiger partial charge on any atom is -0.466 e. The minimum absolute atomic E-state index is 0.302. The molecule has 0 aliphatic heterocycles. The van der Waals surface area contributed by atoms with Gasteiger partial charge in [-0.05, 0) is 32.3 Å². The van der Waals surface area contributed by atoms with Crippen molar-refractivity contribution in [3.63, 3.8) is 0 Å². The van der Waals surface area contributed by atoms with Crippen molar-refractivity contribution in [2.45, 2.75) is 46.6 Å². The summed E-state index contributed by atoms with van der Waals surface area (Å²) in [6, 6.07) is 1.94. The Morgan fingerprint density at radius 2 is 2.07 bits per heavy atom. The van der Waals surface area contributed by atoms with E-state index in [1.165, 1.54) is 0 Å². The van der Waals surface area contributed by atoms with Crippen molar-refractivity contribution in [1.29, 1.82) is 0 Å². The van der Waals surface area contributed by atoms with Gasteiger partial charge in [-0.25, -0.2) is 0 Å². The maximum absolute atomic E-state index is 10.1. The van der Waals surface area contributed by atoms with Crippen LogP contribution in [0, 0.1) is 19.8 Å². The fourth-order valence-electron chi connectivity index (χ4n) is 1.86. The van der Waals surface area contributed by atoms with Gasteiger partial charge in [0.25, 0.3) is 0 Å². The second-order valence-corrected chi connectivity index (χ2v) is 4.08. The van der Waals surface area contributed by atoms with Gasteiger partial charge in [-0.2, -0.15) is 0 Å². The minimum atomic E-state index is -0.382. The van der Waals surface area contributed by atoms with Crippen LogP contribution in [0.2, 0.25) is 0 Å². The Labute approximate surface area is 85.9 Å². The molecule has 0 aliphatic carbocycles. The first-order valence-electron chi connectivity index (χ1n) is 5.31. The maximum Gasteiger partial charge on any atom is 0.106 e. The lowest BCUT2D eigenvalue weighted by Crippen LogP contribution is -2.09. The van der Waals surface area contributed by atoms with Gasteiger partial charge in [0.2, 0.25) is 0 Å². The lowest BCUT2D eigenvalue weighted by Gasteiger charge is -2.17. The van der Waals surface area contributed by atoms with Crippen LogP contribution in [0.5, 0.6) is 0 Å². The monoisotopic (exact) mass is 196 g/mol. The fraction of sp³-hybridized carbons (Fsp3) is 0.667. The summed E-state index contributed by atoms with van der Waals surface area (Å²) in [6.07, 6.45) is 1.77. The Morgan fingerprint density at radius 1 is 1.43 bits per heavy atom. The van der Waals surface area contributed by atoms with Crippen molar-refractivity contribution in [3.8, 4) is 0 Å². The van der Waals surface area contributed by atoms with Gasteiger partial charge in [0, 0.05) is 5.56 Å². The number of hydrogen-bond acceptors (Lipinski definition) is 2. The number of aliphatic hydroxyl groups excluding tert-OH is 1. The zero-order chi connectivity index (χ0) is 10.7. The molecule has 1 aromatic heterocycles. The number of aliphatic hydroxyl groups is 1. The van der Waals surface area contributed by atoms with E-state index in [2.05, 4.69) is 13.8 Å². The standard InChI is InChI=1S/C12H20O2/c1-5-6-8(2)12(13)11-7-9(3)14-10(11)4/h7-8,12-13H,5-6H2,1-4H3. The molecule has 0 aromatic carbocycles. The van der Waals surface area contributed by atoms with Crippen LogP contribution >= 0.6 is 0 Å². The highest BCUT2D eigenvalue weighted by molar-refractivity contribution is 5.23. The van der Waals surface area contributed by atoms with Crippen molar-refractivity contribution in [2.24, 2.45) is 5.92 Å². The molecule has 14 heavy (non-hydrogen) atoms. The molecule has 2 atom stereocenters. The molecule has 0 aliphatic rings. The molecule has 0 radical (unpaired) electrons. The number of rotatable bonds is 4. The molecule has 0 fully saturated rings. The smallest absolute Gasteiger partial charge is 0.106 e. The summed E-state index contributed by atoms with van der Waals surface area (Å²) in [6.45, 7) is 8.03. The molecule has 0 saturated carbocycles. The quantitative estimate of drug-likeness (QED) is 0.801. The fourth-order valence-corrected chi connectivity index (χ4v) is 1.86. The molecule has 1 aromatic rings. The largest absolute Gasteiger partial charge is 0.466 e. The Morgan fingerprint density at radius 3 is 2.50 bits per heavy atom. The SMILES string of the molecule is CCCC(C)C(O)c1cc(C)oc1C. The van der Waals surface area contributed by atoms with E-state index < -0.39 is 0 Å². The van der Waals surface area contributed by atoms with Crippen molar-refractivity contribution in [1.82, 2.24) is 0 Å². The summed E-state index contributed by atoms with van der Waals surface area (Å²) in [4.78, 5) is 0. The maximum atomic E-state index is 10.1. The summed E-state index contributed by atoms with van der Waals surface area (Å²) < 4.78 is 5.40. The molecule has 1 N–H and O–H groups in total. The van der Waals surface area contributed by atoms with E-state index in [0.29, 0.717) is 5.92 Å². The van der Waals surface area contributed by atoms with Gasteiger partial charge in [-0.15, -0.1) is 0 Å². The normalized spacial score (nSPS) is 15.5. The highest BCUT2D eigenvalue weighted by atomic mass is 16.3. The summed E-state index contributed by atoms with van der Waals surface area (Å²) in [5.41, 5.74) is 0.948. The van der Waals surface area contributed by atoms with E-state index in [1.807, 2.05) is 19.9 Å². The van der Waals surface area contributed by atoms with E-state index in [9.17, 15) is 5.11 Å². The van der Waals surface area contributed by atoms with Gasteiger partial charge in [-0.3, -0.25) is 0 Å². The molecule has 1 heterocycles. The van der Waals surface area contributed by atoms with Crippen LogP contribution in [0.4, 0.5) is 0 Å². The van der Waals surface area contributed by atoms with E-state index in [-0.39, 0.29) is 6.10 Å². The summed E-state index contributed by atoms with van der Waals surface area (Å²) in [5.74, 6) is 2.02. The second-order valence-electron chi connectivity index (χ2n) is 4.08. The Hall–Kier alpha value is -0.760. The van der Waals surface area contributed by atoms with E-state index >= 15 is 0 Å². The predicted molar refractivity (Wildman–Crippen MR) is 57.2 cm³/mol. The molecular weight excluding hydrogens is 176 g/mol. The number of hydrogen-bond donors (Lipinski definition) is 1. The number of aryl methyl sites for hydroxylation is 2. The van der Waals surface area contributed by atoms with Crippen LogP contribution in [0.1, 0.15) is 49.9 Å². The van der Waals surface area contributed by atoms with Crippen LogP contribution in [0.3, 0.4) is 0 Å². The molecule has 80 valence electrons.